The maximum atomic E-state index is 12.6. The van der Waals surface area contributed by atoms with Crippen LogP contribution in [0.15, 0.2) is 47.3 Å². The lowest BCUT2D eigenvalue weighted by molar-refractivity contribution is -0.136. The molecule has 0 aliphatic carbocycles. The van der Waals surface area contributed by atoms with E-state index >= 15 is 0 Å². The summed E-state index contributed by atoms with van der Waals surface area (Å²) in [6.45, 7) is 4.04. The Bertz CT molecular complexity index is 1240. The predicted molar refractivity (Wildman–Crippen MR) is 110 cm³/mol. The minimum Gasteiger partial charge on any atom is -0.481 e. The lowest BCUT2D eigenvalue weighted by atomic mass is 10.0. The molecule has 2 aromatic heterocycles. The lowest BCUT2D eigenvalue weighted by Crippen LogP contribution is -2.20. The van der Waals surface area contributed by atoms with Crippen molar-refractivity contribution in [3.8, 4) is 11.3 Å². The van der Waals surface area contributed by atoms with E-state index in [9.17, 15) is 14.7 Å². The highest BCUT2D eigenvalue weighted by Gasteiger charge is 2.17. The fourth-order valence-corrected chi connectivity index (χ4v) is 3.15. The largest absolute Gasteiger partial charge is 0.481 e. The number of imidazole rings is 1. The zero-order valence-corrected chi connectivity index (χ0v) is 15.9. The zero-order chi connectivity index (χ0) is 20.5. The molecule has 8 heteroatoms. The number of nitrogens with zero attached hydrogens (tertiary/aromatic N) is 2. The fraction of sp³-hybridized carbons (Fsp3) is 0.143. The van der Waals surface area contributed by atoms with E-state index in [4.69, 9.17) is 0 Å². The number of anilines is 2. The van der Waals surface area contributed by atoms with Gasteiger partial charge in [-0.3, -0.25) is 19.9 Å². The molecule has 0 atom stereocenters. The van der Waals surface area contributed by atoms with Crippen molar-refractivity contribution in [1.82, 2.24) is 19.9 Å². The molecule has 0 saturated carbocycles. The molecule has 0 bridgehead atoms. The number of carboxylic acids is 1. The molecule has 4 aromatic rings. The molecule has 2 aromatic carbocycles. The summed E-state index contributed by atoms with van der Waals surface area (Å²) >= 11 is 0. The number of H-pyrrole nitrogens is 2. The van der Waals surface area contributed by atoms with Gasteiger partial charge in [-0.15, -0.1) is 0 Å². The van der Waals surface area contributed by atoms with Gasteiger partial charge in [-0.1, -0.05) is 30.3 Å². The Kier molecular flexibility index (Phi) is 4.59. The number of fused-ring (bicyclic) bond motifs is 1. The Hall–Kier alpha value is -3.94. The third-order valence-electron chi connectivity index (χ3n) is 4.72. The van der Waals surface area contributed by atoms with Crippen LogP contribution in [0.25, 0.3) is 22.3 Å². The van der Waals surface area contributed by atoms with Crippen molar-refractivity contribution >= 4 is 28.9 Å². The van der Waals surface area contributed by atoms with Crippen LogP contribution in [-0.4, -0.2) is 31.0 Å². The number of aliphatic carboxylic acids is 1. The Balaban J connectivity index is 1.77. The van der Waals surface area contributed by atoms with Crippen molar-refractivity contribution in [3.63, 3.8) is 0 Å². The number of carboxylic acid groups (broad SMARTS) is 1. The van der Waals surface area contributed by atoms with Gasteiger partial charge < -0.3 is 10.1 Å². The second-order valence-corrected chi connectivity index (χ2v) is 6.84. The van der Waals surface area contributed by atoms with Crippen LogP contribution in [0, 0.1) is 13.8 Å². The first-order valence-corrected chi connectivity index (χ1v) is 9.05. The van der Waals surface area contributed by atoms with Crippen molar-refractivity contribution < 1.29 is 9.90 Å². The van der Waals surface area contributed by atoms with Gasteiger partial charge >= 0.3 is 5.97 Å². The summed E-state index contributed by atoms with van der Waals surface area (Å²) in [4.78, 5) is 38.5. The van der Waals surface area contributed by atoms with Gasteiger partial charge in [0.1, 0.15) is 0 Å². The van der Waals surface area contributed by atoms with E-state index in [-0.39, 0.29) is 11.5 Å². The molecule has 0 unspecified atom stereocenters. The Morgan fingerprint density at radius 2 is 1.72 bits per heavy atom. The SMILES string of the molecule is Cc1cc2nc(Nc3nc(-c4ccccc4)c(CC(=O)O)c(=O)[nH]3)[nH]c2cc1C. The number of rotatable bonds is 5. The standard InChI is InChI=1S/C21H19N5O3/c1-11-8-15-16(9-12(11)2)23-20(22-15)26-21-24-18(13-6-4-3-5-7-13)14(10-17(27)28)19(29)25-21/h3-9H,10H2,1-2H3,(H,27,28)(H3,22,23,24,25,26,29). The number of nitrogens with one attached hydrogen (secondary N) is 3. The van der Waals surface area contributed by atoms with Crippen LogP contribution >= 0.6 is 0 Å². The number of hydrogen-bond donors (Lipinski definition) is 4. The molecule has 0 aliphatic rings. The van der Waals surface area contributed by atoms with E-state index in [0.717, 1.165) is 22.2 Å². The molecule has 0 aliphatic heterocycles. The summed E-state index contributed by atoms with van der Waals surface area (Å²) in [5, 5.41) is 12.2. The monoisotopic (exact) mass is 389 g/mol. The molecule has 0 radical (unpaired) electrons. The highest BCUT2D eigenvalue weighted by Crippen LogP contribution is 2.23. The molecule has 4 rings (SSSR count). The maximum Gasteiger partial charge on any atom is 0.308 e. The Morgan fingerprint density at radius 1 is 1.03 bits per heavy atom. The lowest BCUT2D eigenvalue weighted by Gasteiger charge is -2.09. The van der Waals surface area contributed by atoms with Crippen molar-refractivity contribution in [2.24, 2.45) is 0 Å². The van der Waals surface area contributed by atoms with Gasteiger partial charge in [-0.05, 0) is 37.1 Å². The molecule has 29 heavy (non-hydrogen) atoms. The van der Waals surface area contributed by atoms with E-state index in [1.165, 1.54) is 0 Å². The number of hydrogen-bond acceptors (Lipinski definition) is 5. The average molecular weight is 389 g/mol. The van der Waals surface area contributed by atoms with E-state index in [1.807, 2.05) is 32.0 Å². The predicted octanol–water partition coefficient (Wildman–Crippen LogP) is 3.30. The van der Waals surface area contributed by atoms with E-state index in [2.05, 4.69) is 25.3 Å². The fourth-order valence-electron chi connectivity index (χ4n) is 3.15. The average Bonchev–Trinajstić information content (AvgIpc) is 3.05. The highest BCUT2D eigenvalue weighted by molar-refractivity contribution is 5.80. The van der Waals surface area contributed by atoms with Crippen molar-refractivity contribution in [3.05, 3.63) is 69.5 Å². The Morgan fingerprint density at radius 3 is 2.45 bits per heavy atom. The number of aromatic amines is 2. The molecule has 8 nitrogen and oxygen atoms in total. The topological polar surface area (TPSA) is 124 Å². The maximum absolute atomic E-state index is 12.6. The first-order valence-electron chi connectivity index (χ1n) is 9.05. The third kappa shape index (κ3) is 3.73. The first kappa shape index (κ1) is 18.4. The zero-order valence-electron chi connectivity index (χ0n) is 15.9. The quantitative estimate of drug-likeness (QED) is 0.415. The minimum atomic E-state index is -1.10. The minimum absolute atomic E-state index is 0.102. The van der Waals surface area contributed by atoms with Crippen LogP contribution in [0.2, 0.25) is 0 Å². The smallest absolute Gasteiger partial charge is 0.308 e. The number of benzene rings is 2. The van der Waals surface area contributed by atoms with Gasteiger partial charge in [0.2, 0.25) is 11.9 Å². The van der Waals surface area contributed by atoms with E-state index < -0.39 is 17.9 Å². The summed E-state index contributed by atoms with van der Waals surface area (Å²) in [5.41, 5.74) is 4.51. The molecule has 4 N–H and O–H groups in total. The summed E-state index contributed by atoms with van der Waals surface area (Å²) < 4.78 is 0. The van der Waals surface area contributed by atoms with Gasteiger partial charge in [-0.2, -0.15) is 0 Å². The second kappa shape index (κ2) is 7.23. The summed E-state index contributed by atoms with van der Waals surface area (Å²) in [5.74, 6) is -0.494. The number of aryl methyl sites for hydroxylation is 2. The van der Waals surface area contributed by atoms with Gasteiger partial charge in [0.25, 0.3) is 5.56 Å². The first-order chi connectivity index (χ1) is 13.9. The van der Waals surface area contributed by atoms with E-state index in [1.54, 1.807) is 24.3 Å². The number of carbonyl (C=O) groups is 1. The van der Waals surface area contributed by atoms with Crippen LogP contribution in [-0.2, 0) is 11.2 Å². The van der Waals surface area contributed by atoms with Gasteiger partial charge in [0.15, 0.2) is 0 Å². The molecule has 2 heterocycles. The van der Waals surface area contributed by atoms with Crippen LogP contribution in [0.4, 0.5) is 11.9 Å². The molecule has 0 amide bonds. The van der Waals surface area contributed by atoms with Crippen molar-refractivity contribution in [1.29, 1.82) is 0 Å². The summed E-state index contributed by atoms with van der Waals surface area (Å²) in [7, 11) is 0. The normalized spacial score (nSPS) is 11.0. The van der Waals surface area contributed by atoms with Gasteiger partial charge in [-0.25, -0.2) is 9.97 Å². The second-order valence-electron chi connectivity index (χ2n) is 6.84. The van der Waals surface area contributed by atoms with Crippen molar-refractivity contribution in [2.75, 3.05) is 5.32 Å². The Labute approximate surface area is 165 Å². The summed E-state index contributed by atoms with van der Waals surface area (Å²) in [6.07, 6.45) is -0.421. The molecule has 0 spiro atoms. The highest BCUT2D eigenvalue weighted by atomic mass is 16.4. The molecule has 0 fully saturated rings. The molecular weight excluding hydrogens is 370 g/mol. The van der Waals surface area contributed by atoms with Crippen LogP contribution in [0.1, 0.15) is 16.7 Å². The number of aromatic nitrogens is 4. The van der Waals surface area contributed by atoms with Crippen LogP contribution in [0.3, 0.4) is 0 Å². The van der Waals surface area contributed by atoms with Crippen LogP contribution < -0.4 is 10.9 Å². The third-order valence-corrected chi connectivity index (χ3v) is 4.72. The van der Waals surface area contributed by atoms with Crippen molar-refractivity contribution in [2.45, 2.75) is 20.3 Å². The van der Waals surface area contributed by atoms with Gasteiger partial charge in [0.05, 0.1) is 28.7 Å². The summed E-state index contributed by atoms with van der Waals surface area (Å²) in [6, 6.07) is 13.0. The molecule has 0 saturated heterocycles. The molecule has 146 valence electrons. The molecular formula is C21H19N5O3. The van der Waals surface area contributed by atoms with Crippen LogP contribution in [0.5, 0.6) is 0 Å². The van der Waals surface area contributed by atoms with E-state index in [0.29, 0.717) is 17.2 Å². The van der Waals surface area contributed by atoms with Gasteiger partial charge in [0, 0.05) is 5.56 Å².